The molecule has 2 aromatic rings. The van der Waals surface area contributed by atoms with Gasteiger partial charge in [-0.2, -0.15) is 0 Å². The predicted molar refractivity (Wildman–Crippen MR) is 95.6 cm³/mol. The molecule has 1 aromatic carbocycles. The lowest BCUT2D eigenvalue weighted by Gasteiger charge is -2.31. The van der Waals surface area contributed by atoms with Crippen LogP contribution in [-0.4, -0.2) is 22.8 Å². The lowest BCUT2D eigenvalue weighted by Crippen LogP contribution is -2.42. The first-order chi connectivity index (χ1) is 12.5. The van der Waals surface area contributed by atoms with Crippen molar-refractivity contribution in [3.8, 4) is 0 Å². The zero-order chi connectivity index (χ0) is 18.5. The van der Waals surface area contributed by atoms with Crippen molar-refractivity contribution in [3.05, 3.63) is 41.4 Å². The van der Waals surface area contributed by atoms with Crippen LogP contribution in [0, 0.1) is 11.8 Å². The number of nitrogens with one attached hydrogen (secondary N) is 2. The Kier molecular flexibility index (Phi) is 5.62. The Labute approximate surface area is 154 Å². The number of thiazole rings is 1. The van der Waals surface area contributed by atoms with E-state index >= 15 is 0 Å². The number of hydrogen-bond acceptors (Lipinski definition) is 6. The van der Waals surface area contributed by atoms with Crippen LogP contribution in [0.5, 0.6) is 0 Å². The van der Waals surface area contributed by atoms with E-state index in [0.717, 1.165) is 12.8 Å². The molecule has 2 atom stereocenters. The first-order valence-electron chi connectivity index (χ1n) is 8.37. The van der Waals surface area contributed by atoms with Crippen molar-refractivity contribution in [1.82, 2.24) is 4.98 Å². The van der Waals surface area contributed by atoms with Crippen LogP contribution in [-0.2, 0) is 9.59 Å². The van der Waals surface area contributed by atoms with Gasteiger partial charge in [0.25, 0.3) is 5.91 Å². The minimum absolute atomic E-state index is 0.290. The highest BCUT2D eigenvalue weighted by Gasteiger charge is 2.31. The third kappa shape index (κ3) is 4.26. The molecule has 0 radical (unpaired) electrons. The number of anilines is 2. The number of aliphatic carboxylic acids is 1. The van der Waals surface area contributed by atoms with Crippen LogP contribution in [0.1, 0.15) is 36.0 Å². The minimum Gasteiger partial charge on any atom is -0.550 e. The van der Waals surface area contributed by atoms with Gasteiger partial charge < -0.3 is 15.2 Å². The second kappa shape index (κ2) is 8.09. The molecule has 0 saturated heterocycles. The third-order valence-corrected chi connectivity index (χ3v) is 5.16. The molecule has 2 N–H and O–H groups in total. The summed E-state index contributed by atoms with van der Waals surface area (Å²) in [5.41, 5.74) is 0.951. The Balaban J connectivity index is 1.62. The summed E-state index contributed by atoms with van der Waals surface area (Å²) in [6.45, 7) is 0. The second-order valence-corrected chi connectivity index (χ2v) is 7.07. The van der Waals surface area contributed by atoms with Crippen LogP contribution in [0.4, 0.5) is 10.8 Å². The molecular weight excluding hydrogens is 354 g/mol. The topological polar surface area (TPSA) is 111 Å². The van der Waals surface area contributed by atoms with Gasteiger partial charge >= 0.3 is 0 Å². The summed E-state index contributed by atoms with van der Waals surface area (Å²) in [5, 5.41) is 18.9. The van der Waals surface area contributed by atoms with Crippen molar-refractivity contribution in [3.63, 3.8) is 0 Å². The summed E-state index contributed by atoms with van der Waals surface area (Å²) in [6.07, 6.45) is 4.24. The van der Waals surface area contributed by atoms with Gasteiger partial charge in [-0.1, -0.05) is 12.8 Å². The molecule has 0 unspecified atom stereocenters. The van der Waals surface area contributed by atoms with E-state index in [4.69, 9.17) is 0 Å². The van der Waals surface area contributed by atoms with Crippen molar-refractivity contribution in [2.24, 2.45) is 11.8 Å². The lowest BCUT2D eigenvalue weighted by atomic mass is 9.78. The molecule has 26 heavy (non-hydrogen) atoms. The summed E-state index contributed by atoms with van der Waals surface area (Å²) >= 11 is 1.32. The Morgan fingerprint density at radius 3 is 2.35 bits per heavy atom. The molecule has 1 heterocycles. The standard InChI is InChI=1S/C18H19N3O4S/c22-15(21-18-19-9-10-26-18)11-5-7-12(8-6-11)20-16(23)13-3-1-2-4-14(13)17(24)25/h5-10,13-14H,1-4H2,(H,20,23)(H,24,25)(H,19,21,22)/p-1/t13-,14+/m1/s1. The number of amides is 2. The number of carbonyl (C=O) groups excluding carboxylic acids is 3. The van der Waals surface area contributed by atoms with Crippen molar-refractivity contribution in [2.75, 3.05) is 10.6 Å². The maximum absolute atomic E-state index is 12.4. The van der Waals surface area contributed by atoms with Crippen LogP contribution >= 0.6 is 11.3 Å². The van der Waals surface area contributed by atoms with E-state index in [-0.39, 0.29) is 11.8 Å². The molecule has 7 nitrogen and oxygen atoms in total. The fraction of sp³-hybridized carbons (Fsp3) is 0.333. The van der Waals surface area contributed by atoms with Crippen LogP contribution in [0.15, 0.2) is 35.8 Å². The van der Waals surface area contributed by atoms with Crippen molar-refractivity contribution >= 4 is 39.9 Å². The molecule has 8 heteroatoms. The predicted octanol–water partition coefficient (Wildman–Crippen LogP) is 1.89. The quantitative estimate of drug-likeness (QED) is 0.832. The van der Waals surface area contributed by atoms with Crippen molar-refractivity contribution in [1.29, 1.82) is 0 Å². The monoisotopic (exact) mass is 372 g/mol. The molecule has 0 spiro atoms. The van der Waals surface area contributed by atoms with Crippen molar-refractivity contribution < 1.29 is 19.5 Å². The molecule has 1 aliphatic rings. The van der Waals surface area contributed by atoms with Crippen LogP contribution in [0.2, 0.25) is 0 Å². The maximum Gasteiger partial charge on any atom is 0.257 e. The van der Waals surface area contributed by atoms with Gasteiger partial charge in [-0.15, -0.1) is 11.3 Å². The molecule has 1 aliphatic carbocycles. The molecule has 1 fully saturated rings. The van der Waals surface area contributed by atoms with E-state index in [1.807, 2.05) is 0 Å². The fourth-order valence-corrected chi connectivity index (χ4v) is 3.65. The molecule has 136 valence electrons. The van der Waals surface area contributed by atoms with Gasteiger partial charge in [0.2, 0.25) is 5.91 Å². The van der Waals surface area contributed by atoms with E-state index in [0.29, 0.717) is 29.2 Å². The van der Waals surface area contributed by atoms with E-state index in [1.165, 1.54) is 11.3 Å². The summed E-state index contributed by atoms with van der Waals surface area (Å²) in [4.78, 5) is 39.8. The largest absolute Gasteiger partial charge is 0.550 e. The van der Waals surface area contributed by atoms with E-state index in [2.05, 4.69) is 15.6 Å². The smallest absolute Gasteiger partial charge is 0.257 e. The van der Waals surface area contributed by atoms with Gasteiger partial charge in [-0.25, -0.2) is 4.98 Å². The molecule has 0 aliphatic heterocycles. The lowest BCUT2D eigenvalue weighted by molar-refractivity contribution is -0.313. The van der Waals surface area contributed by atoms with Crippen molar-refractivity contribution in [2.45, 2.75) is 25.7 Å². The highest BCUT2D eigenvalue weighted by atomic mass is 32.1. The number of benzene rings is 1. The van der Waals surface area contributed by atoms with Crippen LogP contribution < -0.4 is 15.7 Å². The number of aromatic nitrogens is 1. The fourth-order valence-electron chi connectivity index (χ4n) is 3.12. The average molecular weight is 372 g/mol. The number of carboxylic acids is 1. The first-order valence-corrected chi connectivity index (χ1v) is 9.25. The molecule has 3 rings (SSSR count). The van der Waals surface area contributed by atoms with Gasteiger partial charge in [-0.05, 0) is 37.1 Å². The maximum atomic E-state index is 12.4. The Morgan fingerprint density at radius 2 is 1.73 bits per heavy atom. The number of carbonyl (C=O) groups is 3. The van der Waals surface area contributed by atoms with E-state index < -0.39 is 17.8 Å². The summed E-state index contributed by atoms with van der Waals surface area (Å²) in [6, 6.07) is 6.42. The molecule has 2 amide bonds. The average Bonchev–Trinajstić information content (AvgIpc) is 3.15. The molecule has 1 aromatic heterocycles. The summed E-state index contributed by atoms with van der Waals surface area (Å²) in [7, 11) is 0. The summed E-state index contributed by atoms with van der Waals surface area (Å²) in [5.74, 6) is -3.10. The van der Waals surface area contributed by atoms with Gasteiger partial charge in [0.05, 0.1) is 0 Å². The number of rotatable bonds is 5. The Morgan fingerprint density at radius 1 is 1.04 bits per heavy atom. The van der Waals surface area contributed by atoms with Gasteiger partial charge in [-0.3, -0.25) is 14.9 Å². The summed E-state index contributed by atoms with van der Waals surface area (Å²) < 4.78 is 0. The minimum atomic E-state index is -1.17. The van der Waals surface area contributed by atoms with E-state index in [1.54, 1.807) is 35.8 Å². The zero-order valence-electron chi connectivity index (χ0n) is 13.9. The highest BCUT2D eigenvalue weighted by molar-refractivity contribution is 7.13. The third-order valence-electron chi connectivity index (χ3n) is 4.47. The number of nitrogens with zero attached hydrogens (tertiary/aromatic N) is 1. The number of hydrogen-bond donors (Lipinski definition) is 2. The SMILES string of the molecule is O=C(Nc1nccs1)c1ccc(NC(=O)[C@@H]2CCCC[C@@H]2C(=O)[O-])cc1. The Hall–Kier alpha value is -2.74. The van der Waals surface area contributed by atoms with Crippen LogP contribution in [0.3, 0.4) is 0 Å². The molecular formula is C18H18N3O4S-. The second-order valence-electron chi connectivity index (χ2n) is 6.17. The molecule has 1 saturated carbocycles. The highest BCUT2D eigenvalue weighted by Crippen LogP contribution is 2.30. The normalized spacial score (nSPS) is 19.5. The van der Waals surface area contributed by atoms with Gasteiger partial charge in [0.1, 0.15) is 0 Å². The Bertz CT molecular complexity index is 789. The molecule has 0 bridgehead atoms. The van der Waals surface area contributed by atoms with Crippen LogP contribution in [0.25, 0.3) is 0 Å². The first kappa shape index (κ1) is 18.1. The van der Waals surface area contributed by atoms with Gasteiger partial charge in [0.15, 0.2) is 5.13 Å². The number of carboxylic acid groups (broad SMARTS) is 1. The van der Waals surface area contributed by atoms with E-state index in [9.17, 15) is 19.5 Å². The zero-order valence-corrected chi connectivity index (χ0v) is 14.8. The van der Waals surface area contributed by atoms with Gasteiger partial charge in [0, 0.05) is 40.6 Å².